The molecule has 1 unspecified atom stereocenters. The number of nitrogens with one attached hydrogen (secondary N) is 3. The average Bonchev–Trinajstić information content (AvgIpc) is 2.76. The van der Waals surface area contributed by atoms with Crippen LogP contribution in [0.1, 0.15) is 44.1 Å². The molecule has 0 bridgehead atoms. The highest BCUT2D eigenvalue weighted by Gasteiger charge is 2.37. The van der Waals surface area contributed by atoms with Crippen LogP contribution >= 0.6 is 0 Å². The van der Waals surface area contributed by atoms with E-state index in [0.717, 1.165) is 44.8 Å². The number of halogens is 3. The van der Waals surface area contributed by atoms with Crippen molar-refractivity contribution in [3.05, 3.63) is 23.8 Å². The molecule has 3 heterocycles. The Morgan fingerprint density at radius 2 is 1.65 bits per heavy atom. The molecule has 0 aliphatic carbocycles. The number of imide groups is 1. The van der Waals surface area contributed by atoms with Crippen LogP contribution in [0.5, 0.6) is 0 Å². The van der Waals surface area contributed by atoms with Crippen LogP contribution < -0.4 is 20.9 Å². The molecule has 2 amide bonds. The normalized spacial score (nSPS) is 24.2. The maximum Gasteiger partial charge on any atom is 0.418 e. The minimum absolute atomic E-state index is 0.166. The highest BCUT2D eigenvalue weighted by molar-refractivity contribution is 6.01. The van der Waals surface area contributed by atoms with Crippen molar-refractivity contribution in [1.82, 2.24) is 10.6 Å². The molecule has 3 aliphatic rings. The first-order chi connectivity index (χ1) is 14.8. The third-order valence-corrected chi connectivity index (χ3v) is 6.81. The SMILES string of the molecule is O=C1CCC(Nc2ccc(N3CCC(C4CCNCC4)CC3)c(C(F)(F)F)c2)C(=O)N1. The Balaban J connectivity index is 1.46. The van der Waals surface area contributed by atoms with Gasteiger partial charge < -0.3 is 15.5 Å². The molecule has 0 spiro atoms. The van der Waals surface area contributed by atoms with Gasteiger partial charge in [-0.15, -0.1) is 0 Å². The predicted molar refractivity (Wildman–Crippen MR) is 112 cm³/mol. The number of benzene rings is 1. The minimum atomic E-state index is -4.50. The van der Waals surface area contributed by atoms with Crippen LogP contribution in [0.4, 0.5) is 24.5 Å². The average molecular weight is 438 g/mol. The van der Waals surface area contributed by atoms with Crippen LogP contribution in [-0.2, 0) is 15.8 Å². The first-order valence-electron chi connectivity index (χ1n) is 11.1. The van der Waals surface area contributed by atoms with E-state index in [1.165, 1.54) is 6.07 Å². The van der Waals surface area contributed by atoms with Crippen molar-refractivity contribution in [2.75, 3.05) is 36.4 Å². The Kier molecular flexibility index (Phi) is 6.41. The molecule has 31 heavy (non-hydrogen) atoms. The number of hydrogen-bond donors (Lipinski definition) is 3. The van der Waals surface area contributed by atoms with Gasteiger partial charge in [0, 0.05) is 30.9 Å². The van der Waals surface area contributed by atoms with Crippen LogP contribution in [0.25, 0.3) is 0 Å². The second-order valence-electron chi connectivity index (χ2n) is 8.79. The topological polar surface area (TPSA) is 73.5 Å². The van der Waals surface area contributed by atoms with Crippen LogP contribution in [-0.4, -0.2) is 44.0 Å². The van der Waals surface area contributed by atoms with Crippen molar-refractivity contribution in [3.63, 3.8) is 0 Å². The minimum Gasteiger partial charge on any atom is -0.374 e. The van der Waals surface area contributed by atoms with Crippen LogP contribution in [0, 0.1) is 11.8 Å². The molecule has 3 fully saturated rings. The predicted octanol–water partition coefficient (Wildman–Crippen LogP) is 3.14. The van der Waals surface area contributed by atoms with Gasteiger partial charge in [0.05, 0.1) is 5.56 Å². The summed E-state index contributed by atoms with van der Waals surface area (Å²) in [4.78, 5) is 25.1. The molecular formula is C22H29F3N4O2. The van der Waals surface area contributed by atoms with Crippen molar-refractivity contribution < 1.29 is 22.8 Å². The Morgan fingerprint density at radius 3 is 2.29 bits per heavy atom. The maximum atomic E-state index is 13.9. The number of rotatable bonds is 4. The summed E-state index contributed by atoms with van der Waals surface area (Å²) in [6.45, 7) is 3.31. The molecule has 0 saturated carbocycles. The van der Waals surface area contributed by atoms with E-state index in [1.54, 1.807) is 6.07 Å². The maximum absolute atomic E-state index is 13.9. The lowest BCUT2D eigenvalue weighted by Crippen LogP contribution is -2.47. The van der Waals surface area contributed by atoms with E-state index < -0.39 is 23.7 Å². The third-order valence-electron chi connectivity index (χ3n) is 6.81. The molecule has 9 heteroatoms. The summed E-state index contributed by atoms with van der Waals surface area (Å²) < 4.78 is 41.6. The van der Waals surface area contributed by atoms with Gasteiger partial charge >= 0.3 is 6.18 Å². The van der Waals surface area contributed by atoms with Crippen LogP contribution in [0.15, 0.2) is 18.2 Å². The fourth-order valence-corrected chi connectivity index (χ4v) is 5.09. The molecule has 3 aliphatic heterocycles. The Bertz CT molecular complexity index is 815. The lowest BCUT2D eigenvalue weighted by Gasteiger charge is -2.39. The summed E-state index contributed by atoms with van der Waals surface area (Å²) in [5, 5.41) is 8.44. The zero-order chi connectivity index (χ0) is 22.0. The number of piperidine rings is 3. The van der Waals surface area contributed by atoms with Crippen molar-refractivity contribution in [1.29, 1.82) is 0 Å². The Labute approximate surface area is 179 Å². The fourth-order valence-electron chi connectivity index (χ4n) is 5.09. The van der Waals surface area contributed by atoms with Gasteiger partial charge in [-0.2, -0.15) is 13.2 Å². The van der Waals surface area contributed by atoms with Gasteiger partial charge in [-0.3, -0.25) is 14.9 Å². The van der Waals surface area contributed by atoms with E-state index in [9.17, 15) is 22.8 Å². The van der Waals surface area contributed by atoms with Crippen LogP contribution in [0.3, 0.4) is 0 Å². The third kappa shape index (κ3) is 5.14. The smallest absolute Gasteiger partial charge is 0.374 e. The summed E-state index contributed by atoms with van der Waals surface area (Å²) in [7, 11) is 0. The molecule has 0 radical (unpaired) electrons. The summed E-state index contributed by atoms with van der Waals surface area (Å²) in [6.07, 6.45) is 0.0656. The van der Waals surface area contributed by atoms with E-state index in [1.807, 2.05) is 4.90 Å². The van der Waals surface area contributed by atoms with E-state index in [-0.39, 0.29) is 30.1 Å². The second kappa shape index (κ2) is 9.06. The number of amides is 2. The highest BCUT2D eigenvalue weighted by atomic mass is 19.4. The lowest BCUT2D eigenvalue weighted by molar-refractivity contribution is -0.137. The van der Waals surface area contributed by atoms with E-state index in [4.69, 9.17) is 0 Å². The monoisotopic (exact) mass is 438 g/mol. The van der Waals surface area contributed by atoms with Gasteiger partial charge in [0.1, 0.15) is 6.04 Å². The Morgan fingerprint density at radius 1 is 0.968 bits per heavy atom. The van der Waals surface area contributed by atoms with Crippen LogP contribution in [0.2, 0.25) is 0 Å². The standard InChI is InChI=1S/C22H29F3N4O2/c23-22(24,25)17-13-16(27-18-2-4-20(30)28-21(18)31)1-3-19(17)29-11-7-15(8-12-29)14-5-9-26-10-6-14/h1,3,13-15,18,26-27H,2,4-12H2,(H,28,30,31). The molecule has 4 rings (SSSR count). The van der Waals surface area contributed by atoms with E-state index in [2.05, 4.69) is 16.0 Å². The fraction of sp³-hybridized carbons (Fsp3) is 0.636. The van der Waals surface area contributed by atoms with Crippen molar-refractivity contribution >= 4 is 23.2 Å². The number of alkyl halides is 3. The molecule has 3 N–H and O–H groups in total. The van der Waals surface area contributed by atoms with Gasteiger partial charge in [0.2, 0.25) is 11.8 Å². The Hall–Kier alpha value is -2.29. The summed E-state index contributed by atoms with van der Waals surface area (Å²) in [6, 6.07) is 3.46. The van der Waals surface area contributed by atoms with Crippen molar-refractivity contribution in [2.24, 2.45) is 11.8 Å². The van der Waals surface area contributed by atoms with Crippen molar-refractivity contribution in [2.45, 2.75) is 50.7 Å². The molecule has 3 saturated heterocycles. The highest BCUT2D eigenvalue weighted by Crippen LogP contribution is 2.40. The summed E-state index contributed by atoms with van der Waals surface area (Å²) >= 11 is 0. The van der Waals surface area contributed by atoms with Gasteiger partial charge in [0.15, 0.2) is 0 Å². The zero-order valence-corrected chi connectivity index (χ0v) is 17.4. The number of hydrogen-bond acceptors (Lipinski definition) is 5. The molecule has 1 atom stereocenters. The van der Waals surface area contributed by atoms with Gasteiger partial charge in [0.25, 0.3) is 0 Å². The van der Waals surface area contributed by atoms with Gasteiger partial charge in [-0.25, -0.2) is 0 Å². The van der Waals surface area contributed by atoms with Crippen molar-refractivity contribution in [3.8, 4) is 0 Å². The number of carbonyl (C=O) groups is 2. The quantitative estimate of drug-likeness (QED) is 0.630. The molecule has 170 valence electrons. The number of carbonyl (C=O) groups excluding carboxylic acids is 2. The van der Waals surface area contributed by atoms with E-state index in [0.29, 0.717) is 24.9 Å². The molecule has 1 aromatic rings. The number of anilines is 2. The zero-order valence-electron chi connectivity index (χ0n) is 17.4. The summed E-state index contributed by atoms with van der Waals surface area (Å²) in [5.41, 5.74) is -0.259. The lowest BCUT2D eigenvalue weighted by atomic mass is 9.79. The molecule has 1 aromatic carbocycles. The summed E-state index contributed by atoms with van der Waals surface area (Å²) in [5.74, 6) is 0.392. The first-order valence-corrected chi connectivity index (χ1v) is 11.1. The largest absolute Gasteiger partial charge is 0.418 e. The second-order valence-corrected chi connectivity index (χ2v) is 8.79. The van der Waals surface area contributed by atoms with Gasteiger partial charge in [-0.05, 0) is 75.2 Å². The molecular weight excluding hydrogens is 409 g/mol. The molecule has 6 nitrogen and oxygen atoms in total. The first kappa shape index (κ1) is 21.9. The van der Waals surface area contributed by atoms with E-state index >= 15 is 0 Å². The molecule has 0 aromatic heterocycles. The number of nitrogens with zero attached hydrogens (tertiary/aromatic N) is 1. The van der Waals surface area contributed by atoms with Gasteiger partial charge in [-0.1, -0.05) is 0 Å².